The second kappa shape index (κ2) is 16.6. The molecule has 0 saturated heterocycles. The van der Waals surface area contributed by atoms with E-state index in [1.807, 2.05) is 27.7 Å². The third-order valence-corrected chi connectivity index (χ3v) is 7.72. The number of nitrogens with two attached hydrogens (primary N) is 1. The number of rotatable bonds is 5. The Hall–Kier alpha value is -3.87. The van der Waals surface area contributed by atoms with E-state index in [-0.39, 0.29) is 40.5 Å². The minimum Gasteiger partial charge on any atom is -0.492 e. The number of carbonyl (C=O) groups is 4. The molecule has 2 bridgehead atoms. The maximum Gasteiger partial charge on any atom is 0.405 e. The second-order valence-corrected chi connectivity index (χ2v) is 12.7. The molecule has 254 valence electrons. The summed E-state index contributed by atoms with van der Waals surface area (Å²) in [4.78, 5) is 57.3. The Balaban J connectivity index is 2.77. The fraction of sp³-hybridized carbons (Fsp3) is 0.559. The van der Waals surface area contributed by atoms with Crippen LogP contribution in [-0.4, -0.2) is 86.2 Å². The van der Waals surface area contributed by atoms with Gasteiger partial charge in [0.05, 0.1) is 30.4 Å². The summed E-state index contributed by atoms with van der Waals surface area (Å²) in [6.07, 6.45) is 3.67. The standard InChI is InChI=1S/C34H49N3O9/c1-18-14-22-28(39)26(23(17-36-34(5,6)7)29(40)31(22)45-10)37-32(41)19(2)12-11-13-24(43-8)30(46-33(35)42)21(4)16-20(3)27(38)25(15-18)44-9/h11-13,16-18,20,24-25,27,30,38H,14-15H2,1-10H3,(H2,35,42)(H,37,41). The number of aliphatic hydroxyl groups excluding tert-OH is 1. The van der Waals surface area contributed by atoms with Gasteiger partial charge in [0.2, 0.25) is 11.6 Å². The van der Waals surface area contributed by atoms with Crippen LogP contribution in [0.5, 0.6) is 0 Å². The maximum absolute atomic E-state index is 14.0. The van der Waals surface area contributed by atoms with Crippen LogP contribution in [0.2, 0.25) is 0 Å². The molecule has 4 N–H and O–H groups in total. The first kappa shape index (κ1) is 38.3. The molecule has 6 unspecified atom stereocenters. The van der Waals surface area contributed by atoms with Gasteiger partial charge in [-0.1, -0.05) is 38.2 Å². The lowest BCUT2D eigenvalue weighted by molar-refractivity contribution is -0.121. The second-order valence-electron chi connectivity index (χ2n) is 12.7. The number of ketones is 2. The normalized spacial score (nSPS) is 27.8. The largest absolute Gasteiger partial charge is 0.492 e. The van der Waals surface area contributed by atoms with Crippen molar-refractivity contribution < 1.29 is 43.2 Å². The van der Waals surface area contributed by atoms with Crippen LogP contribution >= 0.6 is 0 Å². The number of primary amides is 1. The van der Waals surface area contributed by atoms with Crippen molar-refractivity contribution in [2.75, 3.05) is 21.3 Å². The topological polar surface area (TPSA) is 176 Å². The molecule has 2 amide bonds. The summed E-state index contributed by atoms with van der Waals surface area (Å²) in [5.74, 6) is -2.64. The van der Waals surface area contributed by atoms with Crippen molar-refractivity contribution in [2.45, 2.75) is 91.3 Å². The number of carbonyl (C=O) groups excluding carboxylic acids is 4. The number of amides is 2. The molecule has 2 rings (SSSR count). The van der Waals surface area contributed by atoms with Crippen molar-refractivity contribution in [1.82, 2.24) is 5.32 Å². The highest BCUT2D eigenvalue weighted by Gasteiger charge is 2.37. The van der Waals surface area contributed by atoms with E-state index >= 15 is 0 Å². The number of aliphatic hydroxyl groups is 1. The fourth-order valence-corrected chi connectivity index (χ4v) is 5.25. The van der Waals surface area contributed by atoms with Crippen molar-refractivity contribution >= 4 is 29.8 Å². The minimum absolute atomic E-state index is 0.0952. The van der Waals surface area contributed by atoms with Gasteiger partial charge in [0.25, 0.3) is 5.91 Å². The van der Waals surface area contributed by atoms with E-state index in [4.69, 9.17) is 24.7 Å². The number of nitrogens with zero attached hydrogens (tertiary/aromatic N) is 1. The van der Waals surface area contributed by atoms with E-state index < -0.39 is 59.4 Å². The number of fused-ring (bicyclic) bond motifs is 2. The Kier molecular flexibility index (Phi) is 13.8. The molecule has 0 aromatic rings. The zero-order valence-corrected chi connectivity index (χ0v) is 28.5. The van der Waals surface area contributed by atoms with Gasteiger partial charge in [-0.05, 0) is 59.0 Å². The van der Waals surface area contributed by atoms with Crippen LogP contribution in [0, 0.1) is 11.8 Å². The molecule has 0 aromatic carbocycles. The van der Waals surface area contributed by atoms with Crippen LogP contribution in [0.15, 0.2) is 63.0 Å². The van der Waals surface area contributed by atoms with Crippen molar-refractivity contribution in [1.29, 1.82) is 0 Å². The minimum atomic E-state index is -1.01. The molecule has 0 radical (unpaired) electrons. The molecular weight excluding hydrogens is 594 g/mol. The first-order valence-electron chi connectivity index (χ1n) is 15.2. The van der Waals surface area contributed by atoms with Crippen LogP contribution in [0.3, 0.4) is 0 Å². The highest BCUT2D eigenvalue weighted by molar-refractivity contribution is 6.32. The van der Waals surface area contributed by atoms with Gasteiger partial charge in [0, 0.05) is 37.5 Å². The molecular formula is C34H49N3O9. The van der Waals surface area contributed by atoms with Crippen LogP contribution in [0.4, 0.5) is 4.79 Å². The van der Waals surface area contributed by atoms with E-state index in [2.05, 4.69) is 10.3 Å². The summed E-state index contributed by atoms with van der Waals surface area (Å²) in [5.41, 5.74) is 5.38. The molecule has 2 aliphatic rings. The summed E-state index contributed by atoms with van der Waals surface area (Å²) in [6.45, 7) is 12.4. The number of hydrogen-bond acceptors (Lipinski definition) is 10. The molecule has 46 heavy (non-hydrogen) atoms. The average molecular weight is 644 g/mol. The van der Waals surface area contributed by atoms with Gasteiger partial charge in [-0.3, -0.25) is 19.4 Å². The SMILES string of the molecule is COC1=C2CC(C)CC(OC)C(O)C(C)C=C(C)C(OC(N)=O)C(OC)C=CC=C(C)C(=O)NC(=C(C=NC(C)(C)C)C1=O)C2=O. The zero-order chi connectivity index (χ0) is 34.9. The summed E-state index contributed by atoms with van der Waals surface area (Å²) < 4.78 is 22.1. The highest BCUT2D eigenvalue weighted by Crippen LogP contribution is 2.31. The molecule has 1 aliphatic carbocycles. The van der Waals surface area contributed by atoms with E-state index in [1.165, 1.54) is 33.6 Å². The number of aliphatic imine (C=N–C) groups is 1. The fourth-order valence-electron chi connectivity index (χ4n) is 5.25. The quantitative estimate of drug-likeness (QED) is 0.229. The molecule has 12 heteroatoms. The Morgan fingerprint density at radius 2 is 1.74 bits per heavy atom. The number of hydrogen-bond donors (Lipinski definition) is 3. The number of methoxy groups -OCH3 is 3. The van der Waals surface area contributed by atoms with Crippen molar-refractivity contribution in [3.05, 3.63) is 58.1 Å². The zero-order valence-electron chi connectivity index (χ0n) is 28.5. The van der Waals surface area contributed by atoms with Gasteiger partial charge in [0.1, 0.15) is 11.8 Å². The van der Waals surface area contributed by atoms with Crippen molar-refractivity contribution in [2.24, 2.45) is 22.6 Å². The first-order chi connectivity index (χ1) is 21.4. The third-order valence-electron chi connectivity index (χ3n) is 7.72. The predicted octanol–water partition coefficient (Wildman–Crippen LogP) is 3.65. The van der Waals surface area contributed by atoms with E-state index in [1.54, 1.807) is 39.0 Å². The van der Waals surface area contributed by atoms with Gasteiger partial charge in [-0.2, -0.15) is 0 Å². The van der Waals surface area contributed by atoms with Crippen LogP contribution < -0.4 is 11.1 Å². The molecule has 1 heterocycles. The number of Topliss-reactive ketones (excluding diaryl/α,β-unsaturated/α-hetero) is 2. The average Bonchev–Trinajstić information content (AvgIpc) is 2.97. The number of nitrogens with one attached hydrogen (secondary N) is 1. The molecule has 0 aromatic heterocycles. The molecule has 0 fully saturated rings. The Labute approximate surface area is 271 Å². The summed E-state index contributed by atoms with van der Waals surface area (Å²) in [7, 11) is 4.22. The molecule has 6 atom stereocenters. The smallest absolute Gasteiger partial charge is 0.405 e. The molecule has 12 nitrogen and oxygen atoms in total. The molecule has 0 saturated carbocycles. The Bertz CT molecular complexity index is 1360. The van der Waals surface area contributed by atoms with E-state index in [0.29, 0.717) is 12.0 Å². The summed E-state index contributed by atoms with van der Waals surface area (Å²) in [5, 5.41) is 13.9. The number of allylic oxidation sites excluding steroid dienone is 4. The van der Waals surface area contributed by atoms with Crippen molar-refractivity contribution in [3.63, 3.8) is 0 Å². The van der Waals surface area contributed by atoms with Gasteiger partial charge >= 0.3 is 6.09 Å². The highest BCUT2D eigenvalue weighted by atomic mass is 16.6. The Morgan fingerprint density at radius 3 is 2.28 bits per heavy atom. The third kappa shape index (κ3) is 10.1. The van der Waals surface area contributed by atoms with Crippen LogP contribution in [0.1, 0.15) is 61.3 Å². The lowest BCUT2D eigenvalue weighted by Crippen LogP contribution is -2.38. The summed E-state index contributed by atoms with van der Waals surface area (Å²) in [6, 6.07) is 0. The lowest BCUT2D eigenvalue weighted by Gasteiger charge is -2.30. The van der Waals surface area contributed by atoms with Gasteiger partial charge in [-0.25, -0.2) is 4.79 Å². The van der Waals surface area contributed by atoms with Gasteiger partial charge in [-0.15, -0.1) is 0 Å². The van der Waals surface area contributed by atoms with Crippen LogP contribution in [-0.2, 0) is 33.3 Å². The van der Waals surface area contributed by atoms with Gasteiger partial charge in [0.15, 0.2) is 11.9 Å². The van der Waals surface area contributed by atoms with E-state index in [0.717, 1.165) is 0 Å². The van der Waals surface area contributed by atoms with Crippen molar-refractivity contribution in [3.8, 4) is 0 Å². The monoisotopic (exact) mass is 643 g/mol. The van der Waals surface area contributed by atoms with Gasteiger partial charge < -0.3 is 35.1 Å². The maximum atomic E-state index is 14.0. The van der Waals surface area contributed by atoms with E-state index in [9.17, 15) is 24.3 Å². The number of ether oxygens (including phenoxy) is 4. The molecule has 0 spiro atoms. The Morgan fingerprint density at radius 1 is 1.09 bits per heavy atom. The van der Waals surface area contributed by atoms with Crippen LogP contribution in [0.25, 0.3) is 0 Å². The molecule has 1 aliphatic heterocycles. The predicted molar refractivity (Wildman–Crippen MR) is 174 cm³/mol. The summed E-state index contributed by atoms with van der Waals surface area (Å²) >= 11 is 0. The lowest BCUT2D eigenvalue weighted by atomic mass is 9.84. The first-order valence-corrected chi connectivity index (χ1v) is 15.2.